The summed E-state index contributed by atoms with van der Waals surface area (Å²) in [5, 5.41) is 6.20. The van der Waals surface area contributed by atoms with Crippen LogP contribution < -0.4 is 10.6 Å². The lowest BCUT2D eigenvalue weighted by Crippen LogP contribution is -2.39. The van der Waals surface area contributed by atoms with Crippen LogP contribution in [0.1, 0.15) is 44.4 Å². The first-order valence-electron chi connectivity index (χ1n) is 6.32. The molecule has 2 rings (SSSR count). The third-order valence-electron chi connectivity index (χ3n) is 3.26. The van der Waals surface area contributed by atoms with Crippen molar-refractivity contribution in [1.82, 2.24) is 10.6 Å². The number of carbonyl (C=O) groups excluding carboxylic acids is 1. The van der Waals surface area contributed by atoms with Gasteiger partial charge in [-0.1, -0.05) is 12.8 Å². The normalized spacial score (nSPS) is 18.2. The summed E-state index contributed by atoms with van der Waals surface area (Å²) in [7, 11) is 0. The van der Waals surface area contributed by atoms with E-state index in [-0.39, 0.29) is 11.9 Å². The number of hydrogen-bond acceptors (Lipinski definition) is 3. The van der Waals surface area contributed by atoms with E-state index in [1.807, 2.05) is 19.1 Å². The molecule has 1 aliphatic rings. The Morgan fingerprint density at radius 3 is 2.94 bits per heavy atom. The molecule has 94 valence electrons. The van der Waals surface area contributed by atoms with Gasteiger partial charge in [-0.2, -0.15) is 0 Å². The summed E-state index contributed by atoms with van der Waals surface area (Å²) >= 11 is 0. The molecule has 1 heterocycles. The van der Waals surface area contributed by atoms with Crippen LogP contribution in [0.4, 0.5) is 0 Å². The zero-order chi connectivity index (χ0) is 12.1. The van der Waals surface area contributed by atoms with Crippen molar-refractivity contribution in [2.24, 2.45) is 0 Å². The van der Waals surface area contributed by atoms with Crippen molar-refractivity contribution in [3.8, 4) is 0 Å². The Hall–Kier alpha value is -1.29. The molecule has 1 aromatic heterocycles. The zero-order valence-corrected chi connectivity index (χ0v) is 10.2. The number of carbonyl (C=O) groups is 1. The molecule has 1 saturated carbocycles. The third-order valence-corrected chi connectivity index (χ3v) is 3.26. The highest BCUT2D eigenvalue weighted by molar-refractivity contribution is 5.78. The maximum atomic E-state index is 11.7. The molecule has 4 nitrogen and oxygen atoms in total. The van der Waals surface area contributed by atoms with E-state index in [9.17, 15) is 4.79 Å². The van der Waals surface area contributed by atoms with Crippen LogP contribution in [0.3, 0.4) is 0 Å². The first-order valence-corrected chi connectivity index (χ1v) is 6.32. The summed E-state index contributed by atoms with van der Waals surface area (Å²) in [5.41, 5.74) is 0. The number of amides is 1. The smallest absolute Gasteiger partial charge is 0.234 e. The predicted molar refractivity (Wildman–Crippen MR) is 65.5 cm³/mol. The lowest BCUT2D eigenvalue weighted by molar-refractivity contribution is -0.121. The van der Waals surface area contributed by atoms with Crippen LogP contribution in [-0.2, 0) is 4.79 Å². The predicted octanol–water partition coefficient (Wildman–Crippen LogP) is 1.99. The molecule has 17 heavy (non-hydrogen) atoms. The van der Waals surface area contributed by atoms with E-state index in [0.717, 1.165) is 18.6 Å². The maximum absolute atomic E-state index is 11.7. The SMILES string of the molecule is CC(NCC(=O)NC1CCCC1)c1ccco1. The van der Waals surface area contributed by atoms with Crippen LogP contribution in [0.25, 0.3) is 0 Å². The van der Waals surface area contributed by atoms with Crippen LogP contribution >= 0.6 is 0 Å². The Labute approximate surface area is 102 Å². The second-order valence-corrected chi connectivity index (χ2v) is 4.67. The van der Waals surface area contributed by atoms with Crippen molar-refractivity contribution < 1.29 is 9.21 Å². The summed E-state index contributed by atoms with van der Waals surface area (Å²) in [6, 6.07) is 4.22. The molecule has 4 heteroatoms. The van der Waals surface area contributed by atoms with E-state index in [1.54, 1.807) is 6.26 Å². The van der Waals surface area contributed by atoms with Gasteiger partial charge in [-0.3, -0.25) is 10.1 Å². The van der Waals surface area contributed by atoms with Crippen molar-refractivity contribution in [2.75, 3.05) is 6.54 Å². The van der Waals surface area contributed by atoms with Gasteiger partial charge in [-0.15, -0.1) is 0 Å². The second-order valence-electron chi connectivity index (χ2n) is 4.67. The molecule has 0 spiro atoms. The van der Waals surface area contributed by atoms with Gasteiger partial charge in [0.25, 0.3) is 0 Å². The number of rotatable bonds is 5. The average Bonchev–Trinajstić information content (AvgIpc) is 2.97. The fourth-order valence-corrected chi connectivity index (χ4v) is 2.23. The van der Waals surface area contributed by atoms with Gasteiger partial charge in [-0.05, 0) is 31.9 Å². The quantitative estimate of drug-likeness (QED) is 0.822. The topological polar surface area (TPSA) is 54.3 Å². The molecule has 1 amide bonds. The van der Waals surface area contributed by atoms with Gasteiger partial charge in [0.15, 0.2) is 0 Å². The van der Waals surface area contributed by atoms with Gasteiger partial charge < -0.3 is 9.73 Å². The Bertz CT molecular complexity index is 342. The van der Waals surface area contributed by atoms with E-state index in [0.29, 0.717) is 12.6 Å². The van der Waals surface area contributed by atoms with E-state index >= 15 is 0 Å². The van der Waals surface area contributed by atoms with Gasteiger partial charge in [0.05, 0.1) is 18.8 Å². The maximum Gasteiger partial charge on any atom is 0.234 e. The van der Waals surface area contributed by atoms with Gasteiger partial charge in [-0.25, -0.2) is 0 Å². The van der Waals surface area contributed by atoms with Gasteiger partial charge in [0.1, 0.15) is 5.76 Å². The third kappa shape index (κ3) is 3.60. The van der Waals surface area contributed by atoms with Gasteiger partial charge in [0, 0.05) is 6.04 Å². The minimum atomic E-state index is 0.0688. The molecule has 0 radical (unpaired) electrons. The number of furan rings is 1. The lowest BCUT2D eigenvalue weighted by atomic mass is 10.2. The van der Waals surface area contributed by atoms with E-state index in [1.165, 1.54) is 12.8 Å². The first kappa shape index (κ1) is 12.2. The molecular weight excluding hydrogens is 216 g/mol. The lowest BCUT2D eigenvalue weighted by Gasteiger charge is -2.14. The highest BCUT2D eigenvalue weighted by atomic mass is 16.3. The van der Waals surface area contributed by atoms with Crippen LogP contribution in [0.5, 0.6) is 0 Å². The fraction of sp³-hybridized carbons (Fsp3) is 0.615. The minimum Gasteiger partial charge on any atom is -0.468 e. The highest BCUT2D eigenvalue weighted by Crippen LogP contribution is 2.17. The van der Waals surface area contributed by atoms with Gasteiger partial charge in [0.2, 0.25) is 5.91 Å². The second kappa shape index (κ2) is 5.87. The van der Waals surface area contributed by atoms with Crippen LogP contribution in [-0.4, -0.2) is 18.5 Å². The number of hydrogen-bond donors (Lipinski definition) is 2. The molecule has 2 N–H and O–H groups in total. The molecule has 1 aromatic rings. The van der Waals surface area contributed by atoms with Crippen LogP contribution in [0, 0.1) is 0 Å². The molecule has 0 saturated heterocycles. The minimum absolute atomic E-state index is 0.0688. The van der Waals surface area contributed by atoms with Crippen molar-refractivity contribution in [1.29, 1.82) is 0 Å². The van der Waals surface area contributed by atoms with E-state index in [2.05, 4.69) is 10.6 Å². The molecule has 0 bridgehead atoms. The molecule has 1 atom stereocenters. The summed E-state index contributed by atoms with van der Waals surface area (Å²) in [6.45, 7) is 2.33. The number of nitrogens with one attached hydrogen (secondary N) is 2. The summed E-state index contributed by atoms with van der Waals surface area (Å²) < 4.78 is 5.27. The Kier molecular flexibility index (Phi) is 4.20. The Morgan fingerprint density at radius 2 is 2.29 bits per heavy atom. The molecular formula is C13H20N2O2. The average molecular weight is 236 g/mol. The highest BCUT2D eigenvalue weighted by Gasteiger charge is 2.17. The molecule has 1 unspecified atom stereocenters. The van der Waals surface area contributed by atoms with Crippen LogP contribution in [0.2, 0.25) is 0 Å². The summed E-state index contributed by atoms with van der Waals surface area (Å²) in [4.78, 5) is 11.7. The zero-order valence-electron chi connectivity index (χ0n) is 10.2. The summed E-state index contributed by atoms with van der Waals surface area (Å²) in [6.07, 6.45) is 6.37. The summed E-state index contributed by atoms with van der Waals surface area (Å²) in [5.74, 6) is 0.939. The first-order chi connectivity index (χ1) is 8.25. The van der Waals surface area contributed by atoms with E-state index < -0.39 is 0 Å². The van der Waals surface area contributed by atoms with Crippen molar-refractivity contribution >= 4 is 5.91 Å². The van der Waals surface area contributed by atoms with Crippen molar-refractivity contribution in [3.05, 3.63) is 24.2 Å². The van der Waals surface area contributed by atoms with Crippen molar-refractivity contribution in [2.45, 2.75) is 44.7 Å². The monoisotopic (exact) mass is 236 g/mol. The molecule has 0 aromatic carbocycles. The van der Waals surface area contributed by atoms with Crippen molar-refractivity contribution in [3.63, 3.8) is 0 Å². The molecule has 0 aliphatic heterocycles. The Balaban J connectivity index is 1.68. The molecule has 1 aliphatic carbocycles. The van der Waals surface area contributed by atoms with E-state index in [4.69, 9.17) is 4.42 Å². The van der Waals surface area contributed by atoms with Crippen LogP contribution in [0.15, 0.2) is 22.8 Å². The molecule has 1 fully saturated rings. The fourth-order valence-electron chi connectivity index (χ4n) is 2.23. The standard InChI is InChI=1S/C13H20N2O2/c1-10(12-7-4-8-17-12)14-9-13(16)15-11-5-2-3-6-11/h4,7-8,10-11,14H,2-3,5-6,9H2,1H3,(H,15,16). The Morgan fingerprint density at radius 1 is 1.53 bits per heavy atom. The largest absolute Gasteiger partial charge is 0.468 e. The van der Waals surface area contributed by atoms with Gasteiger partial charge >= 0.3 is 0 Å².